The summed E-state index contributed by atoms with van der Waals surface area (Å²) in [5.41, 5.74) is 1.01. The van der Waals surface area contributed by atoms with Crippen LogP contribution in [0.5, 0.6) is 0 Å². The van der Waals surface area contributed by atoms with E-state index in [1.807, 2.05) is 31.2 Å². The van der Waals surface area contributed by atoms with Crippen LogP contribution >= 0.6 is 11.6 Å². The first-order valence-electron chi connectivity index (χ1n) is 4.17. The summed E-state index contributed by atoms with van der Waals surface area (Å²) in [4.78, 5) is 4.29. The van der Waals surface area contributed by atoms with Gasteiger partial charge in [0, 0.05) is 0 Å². The second-order valence-electron chi connectivity index (χ2n) is 2.78. The molecule has 4 heteroatoms. The van der Waals surface area contributed by atoms with Gasteiger partial charge in [-0.1, -0.05) is 0 Å². The van der Waals surface area contributed by atoms with Crippen molar-refractivity contribution >= 4 is 32.2 Å². The number of benzene rings is 1. The van der Waals surface area contributed by atoms with E-state index in [4.69, 9.17) is 16.3 Å². The Morgan fingerprint density at radius 2 is 2.00 bits per heavy atom. The Morgan fingerprint density at radius 1 is 1.43 bits per heavy atom. The zero-order valence-corrected chi connectivity index (χ0v) is 10.5. The molecule has 0 N–H and O–H groups in total. The van der Waals surface area contributed by atoms with Gasteiger partial charge in [0.2, 0.25) is 0 Å². The van der Waals surface area contributed by atoms with Crippen molar-refractivity contribution < 1.29 is 4.74 Å². The minimum absolute atomic E-state index is 0.137. The van der Waals surface area contributed by atoms with Crippen molar-refractivity contribution in [2.24, 2.45) is 4.99 Å². The van der Waals surface area contributed by atoms with Gasteiger partial charge in [0.15, 0.2) is 0 Å². The molecule has 75 valence electrons. The normalized spacial score (nSPS) is 14.1. The molecule has 0 amide bonds. The van der Waals surface area contributed by atoms with Gasteiger partial charge < -0.3 is 0 Å². The predicted molar refractivity (Wildman–Crippen MR) is 60.2 cm³/mol. The standard InChI is InChI=1S/C10H11ClNOSe/c1-7(13-2)12-10(14)8-3-5-9(11)6-4-8/h3-7H,1-2H3/b12-10-. The maximum atomic E-state index is 5.77. The van der Waals surface area contributed by atoms with Crippen molar-refractivity contribution in [1.29, 1.82) is 0 Å². The number of hydrogen-bond donors (Lipinski definition) is 0. The summed E-state index contributed by atoms with van der Waals surface area (Å²) < 4.78 is 5.86. The average molecular weight is 276 g/mol. The van der Waals surface area contributed by atoms with Gasteiger partial charge in [0.05, 0.1) is 0 Å². The summed E-state index contributed by atoms with van der Waals surface area (Å²) in [6, 6.07) is 7.50. The Hall–Kier alpha value is -0.341. The Morgan fingerprint density at radius 3 is 2.50 bits per heavy atom. The van der Waals surface area contributed by atoms with Gasteiger partial charge in [-0.15, -0.1) is 0 Å². The molecule has 1 unspecified atom stereocenters. The molecule has 0 fully saturated rings. The Labute approximate surface area is 97.1 Å². The Bertz CT molecular complexity index is 323. The van der Waals surface area contributed by atoms with Gasteiger partial charge in [-0.25, -0.2) is 0 Å². The summed E-state index contributed by atoms with van der Waals surface area (Å²) in [6.45, 7) is 1.88. The quantitative estimate of drug-likeness (QED) is 0.612. The first-order valence-corrected chi connectivity index (χ1v) is 5.40. The molecular formula is C10H11ClNOSe. The van der Waals surface area contributed by atoms with E-state index in [-0.39, 0.29) is 6.23 Å². The van der Waals surface area contributed by atoms with Crippen LogP contribution in [0, 0.1) is 0 Å². The molecule has 2 nitrogen and oxygen atoms in total. The van der Waals surface area contributed by atoms with Crippen LogP contribution in [0.2, 0.25) is 5.02 Å². The van der Waals surface area contributed by atoms with Crippen LogP contribution in [0.25, 0.3) is 0 Å². The van der Waals surface area contributed by atoms with Crippen molar-refractivity contribution in [3.63, 3.8) is 0 Å². The molecule has 0 saturated carbocycles. The molecule has 0 aromatic heterocycles. The Balaban J connectivity index is 2.83. The molecule has 1 aromatic rings. The van der Waals surface area contributed by atoms with Crippen LogP contribution in [0.15, 0.2) is 29.3 Å². The molecule has 1 aromatic carbocycles. The monoisotopic (exact) mass is 276 g/mol. The number of rotatable bonds is 3. The van der Waals surface area contributed by atoms with Crippen LogP contribution < -0.4 is 0 Å². The molecule has 0 spiro atoms. The van der Waals surface area contributed by atoms with Crippen LogP contribution in [0.3, 0.4) is 0 Å². The topological polar surface area (TPSA) is 21.6 Å². The number of ether oxygens (including phenoxy) is 1. The Kier molecular flexibility index (Phi) is 4.62. The SMILES string of the molecule is COC(C)/N=C(\[Se])c1ccc(Cl)cc1. The number of methoxy groups -OCH3 is 1. The fourth-order valence-electron chi connectivity index (χ4n) is 0.885. The molecule has 0 aliphatic carbocycles. The summed E-state index contributed by atoms with van der Waals surface area (Å²) in [5.74, 6) is 0. The molecular weight excluding hydrogens is 265 g/mol. The van der Waals surface area contributed by atoms with E-state index >= 15 is 0 Å². The third-order valence-electron chi connectivity index (χ3n) is 1.73. The number of hydrogen-bond acceptors (Lipinski definition) is 2. The molecule has 0 aliphatic rings. The maximum absolute atomic E-state index is 5.77. The summed E-state index contributed by atoms with van der Waals surface area (Å²) in [7, 11) is 1.63. The van der Waals surface area contributed by atoms with Crippen LogP contribution in [0.1, 0.15) is 12.5 Å². The molecule has 1 rings (SSSR count). The van der Waals surface area contributed by atoms with E-state index in [9.17, 15) is 0 Å². The molecule has 14 heavy (non-hydrogen) atoms. The van der Waals surface area contributed by atoms with Crippen molar-refractivity contribution in [3.8, 4) is 0 Å². The second-order valence-corrected chi connectivity index (χ2v) is 4.02. The molecule has 0 saturated heterocycles. The van der Waals surface area contributed by atoms with Crippen LogP contribution in [-0.2, 0) is 4.74 Å². The molecule has 0 heterocycles. The second kappa shape index (κ2) is 5.52. The third kappa shape index (κ3) is 3.43. The first-order chi connectivity index (χ1) is 6.63. The van der Waals surface area contributed by atoms with Gasteiger partial charge in [-0.3, -0.25) is 0 Å². The zero-order chi connectivity index (χ0) is 10.6. The third-order valence-corrected chi connectivity index (χ3v) is 2.70. The minimum atomic E-state index is -0.137. The average Bonchev–Trinajstić information content (AvgIpc) is 2.18. The van der Waals surface area contributed by atoms with Gasteiger partial charge in [0.25, 0.3) is 0 Å². The fourth-order valence-corrected chi connectivity index (χ4v) is 1.61. The zero-order valence-electron chi connectivity index (χ0n) is 8.03. The summed E-state index contributed by atoms with van der Waals surface area (Å²) in [5, 5.41) is 0.723. The van der Waals surface area contributed by atoms with Crippen molar-refractivity contribution in [1.82, 2.24) is 0 Å². The van der Waals surface area contributed by atoms with Gasteiger partial charge >= 0.3 is 97.1 Å². The number of aliphatic imine (C=N–C) groups is 1. The number of halogens is 1. The molecule has 1 radical (unpaired) electrons. The van der Waals surface area contributed by atoms with Crippen molar-refractivity contribution in [3.05, 3.63) is 34.9 Å². The van der Waals surface area contributed by atoms with Gasteiger partial charge in [0.1, 0.15) is 0 Å². The van der Waals surface area contributed by atoms with E-state index in [1.54, 1.807) is 7.11 Å². The molecule has 0 bridgehead atoms. The van der Waals surface area contributed by atoms with E-state index < -0.39 is 0 Å². The number of nitrogens with zero attached hydrogens (tertiary/aromatic N) is 1. The van der Waals surface area contributed by atoms with E-state index in [0.29, 0.717) is 0 Å². The first kappa shape index (κ1) is 11.7. The van der Waals surface area contributed by atoms with Gasteiger partial charge in [-0.05, 0) is 0 Å². The van der Waals surface area contributed by atoms with Crippen LogP contribution in [-0.4, -0.2) is 34.0 Å². The van der Waals surface area contributed by atoms with Gasteiger partial charge in [-0.2, -0.15) is 0 Å². The van der Waals surface area contributed by atoms with E-state index in [2.05, 4.69) is 21.0 Å². The predicted octanol–water partition coefficient (Wildman–Crippen LogP) is 2.25. The summed E-state index contributed by atoms with van der Waals surface area (Å²) in [6.07, 6.45) is -0.137. The molecule has 1 atom stereocenters. The fraction of sp³-hybridized carbons (Fsp3) is 0.300. The van der Waals surface area contributed by atoms with E-state index in [0.717, 1.165) is 15.2 Å². The van der Waals surface area contributed by atoms with Crippen molar-refractivity contribution in [2.75, 3.05) is 7.11 Å². The molecule has 0 aliphatic heterocycles. The van der Waals surface area contributed by atoms with E-state index in [1.165, 1.54) is 0 Å². The summed E-state index contributed by atoms with van der Waals surface area (Å²) >= 11 is 8.68. The van der Waals surface area contributed by atoms with Crippen molar-refractivity contribution in [2.45, 2.75) is 13.2 Å². The van der Waals surface area contributed by atoms with Crippen LogP contribution in [0.4, 0.5) is 0 Å².